The second kappa shape index (κ2) is 11.4. The summed E-state index contributed by atoms with van der Waals surface area (Å²) in [6, 6.07) is 10.8. The molecule has 0 bridgehead atoms. The molecule has 14 heteroatoms. The number of nitro groups is 2. The molecule has 0 N–H and O–H groups in total. The van der Waals surface area contributed by atoms with Crippen molar-refractivity contribution in [3.05, 3.63) is 74.3 Å². The van der Waals surface area contributed by atoms with Crippen molar-refractivity contribution in [1.29, 1.82) is 0 Å². The van der Waals surface area contributed by atoms with E-state index >= 15 is 0 Å². The number of nitrogens with zero attached hydrogens (tertiary/aromatic N) is 3. The van der Waals surface area contributed by atoms with Crippen LogP contribution >= 0.6 is 7.60 Å². The van der Waals surface area contributed by atoms with Crippen molar-refractivity contribution in [3.63, 3.8) is 0 Å². The van der Waals surface area contributed by atoms with E-state index in [1.165, 1.54) is 0 Å². The van der Waals surface area contributed by atoms with Crippen LogP contribution in [0.4, 0.5) is 11.4 Å². The van der Waals surface area contributed by atoms with Gasteiger partial charge in [0, 0.05) is 19.2 Å². The number of hydrogen-bond donors (Lipinski definition) is 0. The summed E-state index contributed by atoms with van der Waals surface area (Å²) in [4.78, 5) is 20.0. The summed E-state index contributed by atoms with van der Waals surface area (Å²) >= 11 is 0. The summed E-state index contributed by atoms with van der Waals surface area (Å²) in [6.45, 7) is 2.88. The molecule has 12 nitrogen and oxygen atoms in total. The summed E-state index contributed by atoms with van der Waals surface area (Å²) in [7, 11) is -8.15. The van der Waals surface area contributed by atoms with Crippen molar-refractivity contribution in [3.8, 4) is 0 Å². The third-order valence-electron chi connectivity index (χ3n) is 4.44. The summed E-state index contributed by atoms with van der Waals surface area (Å²) in [5.74, 6) is 0. The van der Waals surface area contributed by atoms with E-state index in [0.29, 0.717) is 11.6 Å². The van der Waals surface area contributed by atoms with Crippen LogP contribution in [0, 0.1) is 20.2 Å². The highest BCUT2D eigenvalue weighted by Crippen LogP contribution is 2.48. The molecule has 0 radical (unpaired) electrons. The van der Waals surface area contributed by atoms with Gasteiger partial charge in [0.25, 0.3) is 11.4 Å². The first-order valence-electron chi connectivity index (χ1n) is 9.89. The second-order valence-corrected chi connectivity index (χ2v) is 10.8. The third kappa shape index (κ3) is 6.89. The molecule has 2 aromatic rings. The Kier molecular flexibility index (Phi) is 9.20. The maximum absolute atomic E-state index is 13.5. The first-order chi connectivity index (χ1) is 15.5. The van der Waals surface area contributed by atoms with Crippen LogP contribution < -0.4 is 0 Å². The topological polar surface area (TPSA) is 159 Å². The Balaban J connectivity index is 2.52. The van der Waals surface area contributed by atoms with Crippen molar-refractivity contribution in [2.45, 2.75) is 25.3 Å². The van der Waals surface area contributed by atoms with E-state index in [1.807, 2.05) is 0 Å². The normalized spacial score (nSPS) is 12.1. The number of rotatable bonds is 13. The number of benzene rings is 2. The van der Waals surface area contributed by atoms with Gasteiger partial charge in [-0.3, -0.25) is 24.8 Å². The standard InChI is InChI=1S/C19H24N3O9PS/c1-3-30-32(27,31-4-2)13-12-20(15-16-8-6-5-7-9-16)33(28,29)19-11-10-17(21(23)24)14-18(19)22(25)26/h5-11,14H,3-4,12-13,15H2,1-2H3. The number of hydrogen-bond acceptors (Lipinski definition) is 9. The van der Waals surface area contributed by atoms with Gasteiger partial charge in [-0.15, -0.1) is 0 Å². The van der Waals surface area contributed by atoms with Crippen LogP contribution in [0.1, 0.15) is 19.4 Å². The zero-order valence-electron chi connectivity index (χ0n) is 18.0. The highest BCUT2D eigenvalue weighted by molar-refractivity contribution is 7.89. The maximum atomic E-state index is 13.5. The van der Waals surface area contributed by atoms with Crippen LogP contribution in [0.5, 0.6) is 0 Å². The number of sulfonamides is 1. The largest absolute Gasteiger partial charge is 0.331 e. The Morgan fingerprint density at radius 1 is 0.970 bits per heavy atom. The zero-order valence-corrected chi connectivity index (χ0v) is 19.7. The molecule has 0 aliphatic carbocycles. The molecule has 180 valence electrons. The average Bonchev–Trinajstić information content (AvgIpc) is 2.77. The fourth-order valence-corrected chi connectivity index (χ4v) is 6.29. The van der Waals surface area contributed by atoms with Crippen LogP contribution in [-0.4, -0.2) is 48.5 Å². The summed E-state index contributed by atoms with van der Waals surface area (Å²) in [6.07, 6.45) is -0.290. The van der Waals surface area contributed by atoms with E-state index in [9.17, 15) is 33.2 Å². The molecule has 33 heavy (non-hydrogen) atoms. The van der Waals surface area contributed by atoms with Gasteiger partial charge in [0.05, 0.1) is 35.3 Å². The van der Waals surface area contributed by atoms with Crippen molar-refractivity contribution in [2.24, 2.45) is 0 Å². The van der Waals surface area contributed by atoms with Gasteiger partial charge in [0.15, 0.2) is 4.90 Å². The van der Waals surface area contributed by atoms with E-state index in [2.05, 4.69) is 0 Å². The molecule has 0 fully saturated rings. The van der Waals surface area contributed by atoms with Gasteiger partial charge in [0.2, 0.25) is 10.0 Å². The Morgan fingerprint density at radius 2 is 1.58 bits per heavy atom. The van der Waals surface area contributed by atoms with Gasteiger partial charge in [-0.05, 0) is 25.5 Å². The predicted octanol–water partition coefficient (Wildman–Crippen LogP) is 3.96. The average molecular weight is 501 g/mol. The predicted molar refractivity (Wildman–Crippen MR) is 120 cm³/mol. The van der Waals surface area contributed by atoms with Crippen LogP contribution in [-0.2, 0) is 30.2 Å². The summed E-state index contributed by atoms with van der Waals surface area (Å²) < 4.78 is 51.2. The minimum atomic E-state index is -4.53. The van der Waals surface area contributed by atoms with Gasteiger partial charge in [-0.2, -0.15) is 4.31 Å². The van der Waals surface area contributed by atoms with Gasteiger partial charge in [0.1, 0.15) is 0 Å². The highest BCUT2D eigenvalue weighted by Gasteiger charge is 2.35. The molecule has 0 amide bonds. The molecule has 0 unspecified atom stereocenters. The molecule has 0 aliphatic rings. The van der Waals surface area contributed by atoms with E-state index in [4.69, 9.17) is 9.05 Å². The molecule has 0 atom stereocenters. The molecule has 2 aromatic carbocycles. The third-order valence-corrected chi connectivity index (χ3v) is 8.39. The Hall–Kier alpha value is -2.70. The Bertz CT molecular complexity index is 1130. The lowest BCUT2D eigenvalue weighted by Gasteiger charge is -2.24. The smallest absolute Gasteiger partial charge is 0.309 e. The number of nitro benzene ring substituents is 2. The molecule has 0 saturated carbocycles. The Morgan fingerprint density at radius 3 is 2.09 bits per heavy atom. The monoisotopic (exact) mass is 501 g/mol. The van der Waals surface area contributed by atoms with Crippen molar-refractivity contribution in [2.75, 3.05) is 25.9 Å². The van der Waals surface area contributed by atoms with Crippen LogP contribution in [0.3, 0.4) is 0 Å². The van der Waals surface area contributed by atoms with Crippen molar-refractivity contribution < 1.29 is 31.9 Å². The molecule has 0 spiro atoms. The van der Waals surface area contributed by atoms with Crippen molar-refractivity contribution in [1.82, 2.24) is 4.31 Å². The molecule has 0 aliphatic heterocycles. The van der Waals surface area contributed by atoms with E-state index in [1.54, 1.807) is 44.2 Å². The maximum Gasteiger partial charge on any atom is 0.331 e. The van der Waals surface area contributed by atoms with E-state index in [-0.39, 0.29) is 32.5 Å². The molecule has 0 heterocycles. The molecule has 0 aromatic heterocycles. The fourth-order valence-electron chi connectivity index (χ4n) is 2.98. The minimum absolute atomic E-state index is 0.0799. The van der Waals surface area contributed by atoms with Gasteiger partial charge in [-0.25, -0.2) is 8.42 Å². The van der Waals surface area contributed by atoms with Crippen LogP contribution in [0.15, 0.2) is 53.4 Å². The lowest BCUT2D eigenvalue weighted by Crippen LogP contribution is -2.34. The van der Waals surface area contributed by atoms with E-state index in [0.717, 1.165) is 16.4 Å². The number of non-ortho nitro benzene ring substituents is 1. The lowest BCUT2D eigenvalue weighted by atomic mass is 10.2. The molecular weight excluding hydrogens is 477 g/mol. The second-order valence-electron chi connectivity index (χ2n) is 6.66. The van der Waals surface area contributed by atoms with Gasteiger partial charge >= 0.3 is 7.60 Å². The zero-order chi connectivity index (χ0) is 24.6. The molecule has 0 saturated heterocycles. The van der Waals surface area contributed by atoms with E-state index < -0.39 is 43.7 Å². The molecule has 2 rings (SSSR count). The van der Waals surface area contributed by atoms with Gasteiger partial charge in [-0.1, -0.05) is 30.3 Å². The van der Waals surface area contributed by atoms with Crippen LogP contribution in [0.2, 0.25) is 0 Å². The van der Waals surface area contributed by atoms with Gasteiger partial charge < -0.3 is 9.05 Å². The quantitative estimate of drug-likeness (QED) is 0.225. The lowest BCUT2D eigenvalue weighted by molar-refractivity contribution is -0.396. The highest BCUT2D eigenvalue weighted by atomic mass is 32.2. The first-order valence-corrected chi connectivity index (χ1v) is 13.1. The summed E-state index contributed by atoms with van der Waals surface area (Å²) in [5, 5.41) is 22.5. The summed E-state index contributed by atoms with van der Waals surface area (Å²) in [5.41, 5.74) is -0.971. The fraction of sp³-hybridized carbons (Fsp3) is 0.368. The SMILES string of the molecule is CCOP(=O)(CCN(Cc1ccccc1)S(=O)(=O)c1ccc([N+](=O)[O-])cc1[N+](=O)[O-])OCC. The first kappa shape index (κ1) is 26.6. The van der Waals surface area contributed by atoms with Crippen molar-refractivity contribution >= 4 is 29.0 Å². The van der Waals surface area contributed by atoms with Crippen LogP contribution in [0.25, 0.3) is 0 Å². The minimum Gasteiger partial charge on any atom is -0.309 e. The molecular formula is C19H24N3O9PS. The Labute approximate surface area is 191 Å².